The Morgan fingerprint density at radius 3 is 2.21 bits per heavy atom. The van der Waals surface area contributed by atoms with Gasteiger partial charge in [-0.3, -0.25) is 9.59 Å². The summed E-state index contributed by atoms with van der Waals surface area (Å²) in [5.74, 6) is 2.25. The number of carbonyl (C=O) groups is 2. The minimum Gasteiger partial charge on any atom is -0.497 e. The van der Waals surface area contributed by atoms with E-state index >= 15 is 0 Å². The first-order valence-corrected chi connectivity index (χ1v) is 14.1. The van der Waals surface area contributed by atoms with Crippen LogP contribution >= 0.6 is 11.8 Å². The average molecular weight is 535 g/mol. The molecule has 38 heavy (non-hydrogen) atoms. The van der Waals surface area contributed by atoms with Crippen LogP contribution in [0.3, 0.4) is 0 Å². The van der Waals surface area contributed by atoms with E-state index in [4.69, 9.17) is 9.47 Å². The molecule has 6 nitrogen and oxygen atoms in total. The van der Waals surface area contributed by atoms with Crippen LogP contribution in [0.2, 0.25) is 0 Å². The second kappa shape index (κ2) is 15.1. The molecule has 0 aliphatic carbocycles. The number of carbonyl (C=O) groups excluding carboxylic acids is 2. The van der Waals surface area contributed by atoms with Gasteiger partial charge in [0.15, 0.2) is 0 Å². The average Bonchev–Trinajstić information content (AvgIpc) is 2.95. The van der Waals surface area contributed by atoms with E-state index in [-0.39, 0.29) is 23.6 Å². The molecule has 0 unspecified atom stereocenters. The number of hydrogen-bond donors (Lipinski definition) is 1. The van der Waals surface area contributed by atoms with Crippen molar-refractivity contribution in [3.8, 4) is 11.5 Å². The molecule has 0 radical (unpaired) electrons. The standard InChI is InChI=1S/C31H38N2O4S/c1-5-23(2)32-31(35)29(19-24-10-7-6-8-11-24)33(20-26-12-9-13-28(18-26)37-4)30(34)22-38-21-25-14-16-27(36-3)17-15-25/h6-18,23,29H,5,19-22H2,1-4H3,(H,32,35)/t23-,29+/m0/s1. The van der Waals surface area contributed by atoms with E-state index in [1.165, 1.54) is 11.8 Å². The summed E-state index contributed by atoms with van der Waals surface area (Å²) in [4.78, 5) is 29.1. The molecule has 0 fully saturated rings. The Labute approximate surface area is 230 Å². The number of thioether (sulfide) groups is 1. The van der Waals surface area contributed by atoms with E-state index in [0.717, 1.165) is 28.9 Å². The van der Waals surface area contributed by atoms with Gasteiger partial charge < -0.3 is 19.7 Å². The third-order valence-electron chi connectivity index (χ3n) is 6.41. The maximum Gasteiger partial charge on any atom is 0.243 e. The first-order valence-electron chi connectivity index (χ1n) is 12.9. The molecule has 0 saturated carbocycles. The van der Waals surface area contributed by atoms with Crippen molar-refractivity contribution < 1.29 is 19.1 Å². The normalized spacial score (nSPS) is 12.3. The molecule has 1 N–H and O–H groups in total. The van der Waals surface area contributed by atoms with E-state index in [1.54, 1.807) is 19.1 Å². The third-order valence-corrected chi connectivity index (χ3v) is 7.40. The summed E-state index contributed by atoms with van der Waals surface area (Å²) in [5.41, 5.74) is 3.02. The highest BCUT2D eigenvalue weighted by Crippen LogP contribution is 2.21. The highest BCUT2D eigenvalue weighted by Gasteiger charge is 2.31. The molecule has 0 heterocycles. The van der Waals surface area contributed by atoms with Crippen LogP contribution in [0.5, 0.6) is 11.5 Å². The lowest BCUT2D eigenvalue weighted by Gasteiger charge is -2.32. The number of nitrogens with one attached hydrogen (secondary N) is 1. The Morgan fingerprint density at radius 2 is 1.55 bits per heavy atom. The van der Waals surface area contributed by atoms with Gasteiger partial charge in [-0.05, 0) is 54.3 Å². The first kappa shape index (κ1) is 29.1. The van der Waals surface area contributed by atoms with Gasteiger partial charge in [0.25, 0.3) is 0 Å². The smallest absolute Gasteiger partial charge is 0.243 e. The van der Waals surface area contributed by atoms with Crippen LogP contribution in [0.15, 0.2) is 78.9 Å². The van der Waals surface area contributed by atoms with Crippen molar-refractivity contribution in [3.63, 3.8) is 0 Å². The minimum atomic E-state index is -0.647. The van der Waals surface area contributed by atoms with Crippen LogP contribution in [0, 0.1) is 0 Å². The molecule has 3 aromatic carbocycles. The van der Waals surface area contributed by atoms with Crippen molar-refractivity contribution in [1.29, 1.82) is 0 Å². The highest BCUT2D eigenvalue weighted by atomic mass is 32.2. The van der Waals surface area contributed by atoms with Crippen LogP contribution in [-0.2, 0) is 28.3 Å². The number of benzene rings is 3. The quantitative estimate of drug-likeness (QED) is 0.296. The van der Waals surface area contributed by atoms with Crippen LogP contribution in [0.25, 0.3) is 0 Å². The maximum atomic E-state index is 13.8. The van der Waals surface area contributed by atoms with E-state index in [1.807, 2.05) is 92.7 Å². The zero-order valence-electron chi connectivity index (χ0n) is 22.7. The topological polar surface area (TPSA) is 67.9 Å². The van der Waals surface area contributed by atoms with Crippen molar-refractivity contribution in [2.45, 2.75) is 51.1 Å². The van der Waals surface area contributed by atoms with Gasteiger partial charge in [0.05, 0.1) is 20.0 Å². The highest BCUT2D eigenvalue weighted by molar-refractivity contribution is 7.99. The predicted octanol–water partition coefficient (Wildman–Crippen LogP) is 5.49. The number of rotatable bonds is 14. The summed E-state index contributed by atoms with van der Waals surface area (Å²) in [6, 6.07) is 24.7. The number of amides is 2. The lowest BCUT2D eigenvalue weighted by Crippen LogP contribution is -2.52. The monoisotopic (exact) mass is 534 g/mol. The molecule has 2 amide bonds. The Morgan fingerprint density at radius 1 is 0.868 bits per heavy atom. The van der Waals surface area contributed by atoms with Gasteiger partial charge >= 0.3 is 0 Å². The number of nitrogens with zero attached hydrogens (tertiary/aromatic N) is 1. The van der Waals surface area contributed by atoms with Crippen LogP contribution in [-0.4, -0.2) is 48.8 Å². The van der Waals surface area contributed by atoms with Crippen LogP contribution in [0.4, 0.5) is 0 Å². The molecule has 0 saturated heterocycles. The largest absolute Gasteiger partial charge is 0.497 e. The summed E-state index contributed by atoms with van der Waals surface area (Å²) in [5, 5.41) is 3.11. The number of ether oxygens (including phenoxy) is 2. The van der Waals surface area contributed by atoms with Crippen LogP contribution in [0.1, 0.15) is 37.0 Å². The summed E-state index contributed by atoms with van der Waals surface area (Å²) in [7, 11) is 3.26. The van der Waals surface area contributed by atoms with Gasteiger partial charge in [0.1, 0.15) is 17.5 Å². The fourth-order valence-electron chi connectivity index (χ4n) is 4.02. The lowest BCUT2D eigenvalue weighted by molar-refractivity contribution is -0.139. The van der Waals surface area contributed by atoms with E-state index in [0.29, 0.717) is 24.5 Å². The first-order chi connectivity index (χ1) is 18.4. The Hall–Kier alpha value is -3.45. The third kappa shape index (κ3) is 8.84. The molecule has 0 aromatic heterocycles. The second-order valence-electron chi connectivity index (χ2n) is 9.24. The molecular formula is C31H38N2O4S. The molecule has 0 bridgehead atoms. The molecule has 0 aliphatic heterocycles. The van der Waals surface area contributed by atoms with Crippen molar-refractivity contribution >= 4 is 23.6 Å². The maximum absolute atomic E-state index is 13.8. The van der Waals surface area contributed by atoms with Gasteiger partial charge in [-0.2, -0.15) is 0 Å². The van der Waals surface area contributed by atoms with Crippen molar-refractivity contribution in [3.05, 3.63) is 95.6 Å². The second-order valence-corrected chi connectivity index (χ2v) is 10.2. The van der Waals surface area contributed by atoms with Gasteiger partial charge in [-0.25, -0.2) is 0 Å². The summed E-state index contributed by atoms with van der Waals surface area (Å²) >= 11 is 1.54. The summed E-state index contributed by atoms with van der Waals surface area (Å²) in [6.45, 7) is 4.33. The molecule has 3 rings (SSSR count). The van der Waals surface area contributed by atoms with Gasteiger partial charge in [0.2, 0.25) is 11.8 Å². The zero-order valence-corrected chi connectivity index (χ0v) is 23.5. The van der Waals surface area contributed by atoms with Crippen LogP contribution < -0.4 is 14.8 Å². The summed E-state index contributed by atoms with van der Waals surface area (Å²) < 4.78 is 10.6. The van der Waals surface area contributed by atoms with Crippen molar-refractivity contribution in [2.24, 2.45) is 0 Å². The van der Waals surface area contributed by atoms with E-state index in [9.17, 15) is 9.59 Å². The fraction of sp³-hybridized carbons (Fsp3) is 0.355. The fourth-order valence-corrected chi connectivity index (χ4v) is 4.89. The van der Waals surface area contributed by atoms with Crippen molar-refractivity contribution in [1.82, 2.24) is 10.2 Å². The molecule has 2 atom stereocenters. The lowest BCUT2D eigenvalue weighted by atomic mass is 10.0. The minimum absolute atomic E-state index is 0.0130. The SMILES string of the molecule is CC[C@H](C)NC(=O)[C@@H](Cc1ccccc1)N(Cc1cccc(OC)c1)C(=O)CSCc1ccc(OC)cc1. The van der Waals surface area contributed by atoms with Gasteiger partial charge in [-0.1, -0.05) is 61.5 Å². The Bertz CT molecular complexity index is 1150. The number of methoxy groups -OCH3 is 2. The Balaban J connectivity index is 1.85. The zero-order chi connectivity index (χ0) is 27.3. The predicted molar refractivity (Wildman–Crippen MR) is 155 cm³/mol. The molecule has 0 spiro atoms. The Kier molecular flexibility index (Phi) is 11.6. The number of hydrogen-bond acceptors (Lipinski definition) is 5. The van der Waals surface area contributed by atoms with E-state index < -0.39 is 6.04 Å². The molecular weight excluding hydrogens is 496 g/mol. The molecule has 7 heteroatoms. The van der Waals surface area contributed by atoms with Gasteiger partial charge in [0, 0.05) is 24.8 Å². The van der Waals surface area contributed by atoms with E-state index in [2.05, 4.69) is 5.32 Å². The van der Waals surface area contributed by atoms with Crippen molar-refractivity contribution in [2.75, 3.05) is 20.0 Å². The summed E-state index contributed by atoms with van der Waals surface area (Å²) in [6.07, 6.45) is 1.24. The molecule has 202 valence electrons. The molecule has 3 aromatic rings. The van der Waals surface area contributed by atoms with Gasteiger partial charge in [-0.15, -0.1) is 11.8 Å². The molecule has 0 aliphatic rings.